The van der Waals surface area contributed by atoms with Crippen LogP contribution in [0.3, 0.4) is 0 Å². The van der Waals surface area contributed by atoms with E-state index in [0.717, 1.165) is 16.6 Å². The molecule has 5 nitrogen and oxygen atoms in total. The zero-order valence-electron chi connectivity index (χ0n) is 12.0. The number of carboxylic acid groups (broad SMARTS) is 1. The Morgan fingerprint density at radius 3 is 2.70 bits per heavy atom. The summed E-state index contributed by atoms with van der Waals surface area (Å²) >= 11 is 0. The van der Waals surface area contributed by atoms with E-state index in [0.29, 0.717) is 16.8 Å². The molecule has 0 bridgehead atoms. The van der Waals surface area contributed by atoms with Crippen molar-refractivity contribution in [3.05, 3.63) is 65.4 Å². The maximum Gasteiger partial charge on any atom is 0.335 e. The highest BCUT2D eigenvalue weighted by molar-refractivity contribution is 6.35. The van der Waals surface area contributed by atoms with Crippen LogP contribution in [0, 0.1) is 0 Å². The third kappa shape index (κ3) is 2.19. The molecule has 1 aliphatic heterocycles. The molecule has 1 amide bonds. The van der Waals surface area contributed by atoms with Gasteiger partial charge < -0.3 is 15.4 Å². The number of fused-ring (bicyclic) bond motifs is 2. The van der Waals surface area contributed by atoms with E-state index in [1.165, 1.54) is 12.1 Å². The number of para-hydroxylation sites is 1. The lowest BCUT2D eigenvalue weighted by molar-refractivity contribution is -0.110. The summed E-state index contributed by atoms with van der Waals surface area (Å²) in [5.41, 5.74) is 3.62. The number of aromatic nitrogens is 1. The summed E-state index contributed by atoms with van der Waals surface area (Å²) in [6, 6.07) is 14.4. The summed E-state index contributed by atoms with van der Waals surface area (Å²) in [6.07, 6.45) is 1.74. The average molecular weight is 304 g/mol. The quantitative estimate of drug-likeness (QED) is 0.635. The van der Waals surface area contributed by atoms with Crippen molar-refractivity contribution in [2.45, 2.75) is 0 Å². The summed E-state index contributed by atoms with van der Waals surface area (Å²) in [6.45, 7) is 0. The van der Waals surface area contributed by atoms with E-state index in [-0.39, 0.29) is 11.5 Å². The van der Waals surface area contributed by atoms with Gasteiger partial charge in [0.1, 0.15) is 0 Å². The van der Waals surface area contributed by atoms with Gasteiger partial charge in [-0.05, 0) is 41.8 Å². The van der Waals surface area contributed by atoms with Gasteiger partial charge in [0.2, 0.25) is 0 Å². The molecule has 1 aliphatic rings. The molecule has 0 radical (unpaired) electrons. The molecule has 0 fully saturated rings. The third-order valence-electron chi connectivity index (χ3n) is 3.90. The van der Waals surface area contributed by atoms with Crippen molar-refractivity contribution in [1.29, 1.82) is 0 Å². The van der Waals surface area contributed by atoms with E-state index in [2.05, 4.69) is 10.3 Å². The van der Waals surface area contributed by atoms with Crippen LogP contribution < -0.4 is 5.32 Å². The van der Waals surface area contributed by atoms with Crippen molar-refractivity contribution in [2.24, 2.45) is 0 Å². The minimum absolute atomic E-state index is 0.155. The fourth-order valence-electron chi connectivity index (χ4n) is 2.79. The van der Waals surface area contributed by atoms with Crippen LogP contribution in [0.15, 0.2) is 48.5 Å². The number of anilines is 1. The number of carbonyl (C=O) groups is 2. The highest BCUT2D eigenvalue weighted by atomic mass is 16.4. The number of hydrogen-bond donors (Lipinski definition) is 3. The van der Waals surface area contributed by atoms with Crippen molar-refractivity contribution in [2.75, 3.05) is 5.32 Å². The summed E-state index contributed by atoms with van der Waals surface area (Å²) in [4.78, 5) is 26.6. The van der Waals surface area contributed by atoms with Crippen LogP contribution >= 0.6 is 0 Å². The van der Waals surface area contributed by atoms with Crippen LogP contribution in [0.2, 0.25) is 0 Å². The molecule has 0 saturated heterocycles. The normalized spacial score (nSPS) is 15.0. The van der Waals surface area contributed by atoms with Crippen molar-refractivity contribution in [3.63, 3.8) is 0 Å². The Labute approximate surface area is 131 Å². The van der Waals surface area contributed by atoms with E-state index in [4.69, 9.17) is 5.11 Å². The Morgan fingerprint density at radius 1 is 1.09 bits per heavy atom. The molecular weight excluding hydrogens is 292 g/mol. The molecule has 23 heavy (non-hydrogen) atoms. The monoisotopic (exact) mass is 304 g/mol. The SMILES string of the molecule is O=C1Nc2ccc(C(=O)O)cc2/C1=C/c1cc2ccccc2[nH]1. The Hall–Kier alpha value is -3.34. The van der Waals surface area contributed by atoms with Crippen LogP contribution in [0.5, 0.6) is 0 Å². The van der Waals surface area contributed by atoms with Gasteiger partial charge in [0.05, 0.1) is 11.1 Å². The van der Waals surface area contributed by atoms with E-state index < -0.39 is 5.97 Å². The summed E-state index contributed by atoms with van der Waals surface area (Å²) < 4.78 is 0. The first-order valence-corrected chi connectivity index (χ1v) is 7.10. The Balaban J connectivity index is 1.84. The maximum absolute atomic E-state index is 12.2. The van der Waals surface area contributed by atoms with Gasteiger partial charge in [0.25, 0.3) is 5.91 Å². The second-order valence-electron chi connectivity index (χ2n) is 5.39. The first kappa shape index (κ1) is 13.3. The Kier molecular flexibility index (Phi) is 2.81. The van der Waals surface area contributed by atoms with Crippen LogP contribution in [0.4, 0.5) is 5.69 Å². The van der Waals surface area contributed by atoms with Gasteiger partial charge in [-0.1, -0.05) is 18.2 Å². The fraction of sp³-hybridized carbons (Fsp3) is 0. The zero-order valence-corrected chi connectivity index (χ0v) is 12.0. The molecule has 4 rings (SSSR count). The largest absolute Gasteiger partial charge is 0.478 e. The average Bonchev–Trinajstić information content (AvgIpc) is 3.08. The standard InChI is InChI=1S/C18H12N2O3/c21-17-14(9-12-7-10-3-1-2-4-15(10)19-12)13-8-11(18(22)23)5-6-16(13)20-17/h1-9,19H,(H,20,21)(H,22,23)/b14-9-. The summed E-state index contributed by atoms with van der Waals surface area (Å²) in [7, 11) is 0. The number of carbonyl (C=O) groups excluding carboxylic acids is 1. The molecule has 0 saturated carbocycles. The van der Waals surface area contributed by atoms with E-state index >= 15 is 0 Å². The zero-order chi connectivity index (χ0) is 16.0. The smallest absolute Gasteiger partial charge is 0.335 e. The molecule has 112 valence electrons. The lowest BCUT2D eigenvalue weighted by atomic mass is 10.0. The predicted octanol–water partition coefficient (Wildman–Crippen LogP) is 3.36. The second-order valence-corrected chi connectivity index (χ2v) is 5.39. The molecule has 5 heteroatoms. The summed E-state index contributed by atoms with van der Waals surface area (Å²) in [5, 5.41) is 12.9. The number of hydrogen-bond acceptors (Lipinski definition) is 2. The van der Waals surface area contributed by atoms with Crippen LogP contribution in [0.1, 0.15) is 21.6 Å². The van der Waals surface area contributed by atoms with Gasteiger partial charge in [-0.15, -0.1) is 0 Å². The molecule has 2 heterocycles. The van der Waals surface area contributed by atoms with Gasteiger partial charge in [-0.3, -0.25) is 4.79 Å². The number of nitrogens with one attached hydrogen (secondary N) is 2. The first-order chi connectivity index (χ1) is 11.1. The highest BCUT2D eigenvalue weighted by Gasteiger charge is 2.25. The minimum atomic E-state index is -1.02. The highest BCUT2D eigenvalue weighted by Crippen LogP contribution is 2.34. The number of benzene rings is 2. The lowest BCUT2D eigenvalue weighted by Gasteiger charge is -2.00. The van der Waals surface area contributed by atoms with Gasteiger partial charge in [0, 0.05) is 22.5 Å². The van der Waals surface area contributed by atoms with Crippen LogP contribution in [-0.2, 0) is 4.79 Å². The third-order valence-corrected chi connectivity index (χ3v) is 3.90. The lowest BCUT2D eigenvalue weighted by Crippen LogP contribution is -2.03. The summed E-state index contributed by atoms with van der Waals surface area (Å²) in [5.74, 6) is -1.25. The number of aromatic amines is 1. The Bertz CT molecular complexity index is 965. The Morgan fingerprint density at radius 2 is 1.91 bits per heavy atom. The number of amides is 1. The van der Waals surface area contributed by atoms with Crippen LogP contribution in [0.25, 0.3) is 22.6 Å². The number of carboxylic acids is 1. The molecule has 0 atom stereocenters. The van der Waals surface area contributed by atoms with Gasteiger partial charge in [0.15, 0.2) is 0 Å². The van der Waals surface area contributed by atoms with Gasteiger partial charge in [-0.25, -0.2) is 4.79 Å². The second kappa shape index (κ2) is 4.84. The van der Waals surface area contributed by atoms with Gasteiger partial charge >= 0.3 is 5.97 Å². The van der Waals surface area contributed by atoms with Gasteiger partial charge in [-0.2, -0.15) is 0 Å². The molecule has 0 spiro atoms. The number of aromatic carboxylic acids is 1. The topological polar surface area (TPSA) is 82.2 Å². The van der Waals surface area contributed by atoms with Crippen molar-refractivity contribution >= 4 is 40.1 Å². The maximum atomic E-state index is 12.2. The number of H-pyrrole nitrogens is 1. The first-order valence-electron chi connectivity index (χ1n) is 7.10. The molecular formula is C18H12N2O3. The van der Waals surface area contributed by atoms with Crippen molar-refractivity contribution < 1.29 is 14.7 Å². The van der Waals surface area contributed by atoms with Crippen molar-refractivity contribution in [3.8, 4) is 0 Å². The van der Waals surface area contributed by atoms with Crippen molar-refractivity contribution in [1.82, 2.24) is 4.98 Å². The molecule has 3 N–H and O–H groups in total. The molecule has 1 aromatic heterocycles. The minimum Gasteiger partial charge on any atom is -0.478 e. The molecule has 2 aromatic carbocycles. The van der Waals surface area contributed by atoms with Crippen LogP contribution in [-0.4, -0.2) is 22.0 Å². The van der Waals surface area contributed by atoms with E-state index in [1.807, 2.05) is 30.3 Å². The molecule has 0 unspecified atom stereocenters. The molecule has 0 aliphatic carbocycles. The van der Waals surface area contributed by atoms with E-state index in [9.17, 15) is 9.59 Å². The number of rotatable bonds is 2. The predicted molar refractivity (Wildman–Crippen MR) is 88.2 cm³/mol. The fourth-order valence-corrected chi connectivity index (χ4v) is 2.79. The van der Waals surface area contributed by atoms with E-state index in [1.54, 1.807) is 12.1 Å². The molecule has 3 aromatic rings.